The van der Waals surface area contributed by atoms with Crippen molar-refractivity contribution in [1.29, 1.82) is 0 Å². The normalized spacial score (nSPS) is 8.88. The largest absolute Gasteiger partial charge is 0 e. The average molecular weight is 370 g/mol. The second kappa shape index (κ2) is 44.7. The summed E-state index contributed by atoms with van der Waals surface area (Å²) in [4.78, 5) is 0. The Hall–Kier alpha value is 0.786. The Morgan fingerprint density at radius 2 is 1.25 bits per heavy atom. The summed E-state index contributed by atoms with van der Waals surface area (Å²) < 4.78 is 0. The SMILES string of the molecule is CO.CO.CO.[C-]1=CC=CC1.[CH3][Ge]([CH3])[CH3].[Zr]. The quantitative estimate of drug-likeness (QED) is 0.448. The molecule has 0 atom stereocenters. The predicted molar refractivity (Wildman–Crippen MR) is 69.3 cm³/mol. The van der Waals surface area contributed by atoms with Gasteiger partial charge in [-0.1, -0.05) is 0 Å². The molecule has 16 heavy (non-hydrogen) atoms. The number of rotatable bonds is 0. The Morgan fingerprint density at radius 3 is 1.31 bits per heavy atom. The third-order valence-electron chi connectivity index (χ3n) is 0.586. The number of hydrogen-bond acceptors (Lipinski definition) is 3. The molecule has 1 rings (SSSR count). The van der Waals surface area contributed by atoms with Crippen LogP contribution in [0.5, 0.6) is 0 Å². The van der Waals surface area contributed by atoms with Crippen molar-refractivity contribution < 1.29 is 41.5 Å². The van der Waals surface area contributed by atoms with E-state index in [1.807, 2.05) is 12.2 Å². The third-order valence-corrected chi connectivity index (χ3v) is 0.586. The summed E-state index contributed by atoms with van der Waals surface area (Å²) >= 11 is -0.333. The van der Waals surface area contributed by atoms with Crippen LogP contribution < -0.4 is 0 Å². The maximum atomic E-state index is 7.00. The van der Waals surface area contributed by atoms with E-state index >= 15 is 0 Å². The van der Waals surface area contributed by atoms with Crippen molar-refractivity contribution in [3.8, 4) is 0 Å². The van der Waals surface area contributed by atoms with Crippen molar-refractivity contribution in [3.63, 3.8) is 0 Å². The maximum absolute atomic E-state index is 7.00. The van der Waals surface area contributed by atoms with E-state index in [1.165, 1.54) is 0 Å². The monoisotopic (exact) mass is 370 g/mol. The van der Waals surface area contributed by atoms with Crippen molar-refractivity contribution in [2.24, 2.45) is 0 Å². The van der Waals surface area contributed by atoms with Crippen LogP contribution in [0.2, 0.25) is 17.3 Å². The van der Waals surface area contributed by atoms with Crippen LogP contribution in [-0.4, -0.2) is 51.0 Å². The van der Waals surface area contributed by atoms with Gasteiger partial charge in [0.05, 0.1) is 0 Å². The number of aliphatic hydroxyl groups is 3. The molecule has 0 unspecified atom stereocenters. The molecule has 0 saturated carbocycles. The Balaban J connectivity index is -0.0000000337. The Bertz CT molecular complexity index is 105. The fourth-order valence-corrected chi connectivity index (χ4v) is 0.340. The van der Waals surface area contributed by atoms with Crippen LogP contribution in [0.4, 0.5) is 0 Å². The zero-order chi connectivity index (χ0) is 13.1. The average Bonchev–Trinajstić information content (AvgIpc) is 2.83. The summed E-state index contributed by atoms with van der Waals surface area (Å²) in [6, 6.07) is 0. The summed E-state index contributed by atoms with van der Waals surface area (Å²) in [5.41, 5.74) is 0. The zero-order valence-corrected chi connectivity index (χ0v) is 15.8. The molecule has 1 radical (unpaired) electrons. The second-order valence-electron chi connectivity index (χ2n) is 2.50. The van der Waals surface area contributed by atoms with E-state index in [2.05, 4.69) is 29.4 Å². The molecule has 97 valence electrons. The third kappa shape index (κ3) is 83.9. The van der Waals surface area contributed by atoms with Crippen molar-refractivity contribution in [3.05, 3.63) is 24.3 Å². The van der Waals surface area contributed by atoms with E-state index in [-0.39, 0.29) is 40.6 Å². The Labute approximate surface area is 125 Å². The van der Waals surface area contributed by atoms with Crippen molar-refractivity contribution in [2.45, 2.75) is 23.7 Å². The Morgan fingerprint density at radius 1 is 0.938 bits per heavy atom. The summed E-state index contributed by atoms with van der Waals surface area (Å²) in [6.45, 7) is 0. The molecule has 0 aromatic carbocycles. The van der Waals surface area contributed by atoms with Gasteiger partial charge in [0.2, 0.25) is 0 Å². The van der Waals surface area contributed by atoms with Crippen LogP contribution in [0.3, 0.4) is 0 Å². The van der Waals surface area contributed by atoms with Gasteiger partial charge < -0.3 is 15.3 Å². The molecule has 1 aliphatic rings. The maximum Gasteiger partial charge on any atom is 0 e. The van der Waals surface area contributed by atoms with Gasteiger partial charge in [-0.3, -0.25) is 6.08 Å². The first-order valence-electron chi connectivity index (χ1n) is 4.56. The molecule has 0 aromatic heterocycles. The molecule has 3 nitrogen and oxygen atoms in total. The van der Waals surface area contributed by atoms with E-state index in [0.29, 0.717) is 0 Å². The van der Waals surface area contributed by atoms with Crippen LogP contribution in [0, 0.1) is 6.08 Å². The minimum absolute atomic E-state index is 0. The van der Waals surface area contributed by atoms with Gasteiger partial charge in [0.15, 0.2) is 0 Å². The van der Waals surface area contributed by atoms with Crippen molar-refractivity contribution in [2.75, 3.05) is 21.3 Å². The van der Waals surface area contributed by atoms with E-state index in [0.717, 1.165) is 27.8 Å². The number of allylic oxidation sites excluding steroid dienone is 4. The molecule has 0 heterocycles. The van der Waals surface area contributed by atoms with E-state index in [1.54, 1.807) is 0 Å². The fraction of sp³-hybridized carbons (Fsp3) is 0.636. The molecule has 3 N–H and O–H groups in total. The zero-order valence-electron chi connectivity index (χ0n) is 11.3. The second-order valence-corrected chi connectivity index (χ2v) is 8.80. The first-order valence-corrected chi connectivity index (χ1v) is 10.9. The molecule has 0 saturated heterocycles. The first-order chi connectivity index (χ1) is 7.23. The molecular formula is C11H26GeO3Zr-. The van der Waals surface area contributed by atoms with E-state index in [9.17, 15) is 0 Å². The van der Waals surface area contributed by atoms with Gasteiger partial charge in [-0.25, -0.2) is 12.2 Å². The summed E-state index contributed by atoms with van der Waals surface area (Å²) in [6.07, 6.45) is 10.0. The van der Waals surface area contributed by atoms with Crippen molar-refractivity contribution in [1.82, 2.24) is 0 Å². The number of aliphatic hydroxyl groups excluding tert-OH is 3. The summed E-state index contributed by atoms with van der Waals surface area (Å²) in [5.74, 6) is 7.00. The molecular weight excluding hydrogens is 344 g/mol. The molecule has 0 spiro atoms. The minimum Gasteiger partial charge on any atom is 0 e. The standard InChI is InChI=1S/C5H5.C3H9Ge.3CH4O.Zr/c1-2-4-5-3-1;1-4(2)3;3*1-2;/h1-3H,4H2;1-3H3;3*2H,1H3;/q-1;;;;;. The smallest absolute Gasteiger partial charge is 0 e. The summed E-state index contributed by atoms with van der Waals surface area (Å²) in [7, 11) is 3.00. The molecule has 0 aromatic rings. The minimum atomic E-state index is -0.333. The van der Waals surface area contributed by atoms with E-state index < -0.39 is 0 Å². The van der Waals surface area contributed by atoms with Gasteiger partial charge in [0.1, 0.15) is 0 Å². The summed E-state index contributed by atoms with van der Waals surface area (Å²) in [5, 5.41) is 21.0. The predicted octanol–water partition coefficient (Wildman–Crippen LogP) is 1.50. The van der Waals surface area contributed by atoms with Gasteiger partial charge in [0, 0.05) is 47.5 Å². The van der Waals surface area contributed by atoms with Gasteiger partial charge in [-0.2, -0.15) is 6.08 Å². The number of hydrogen-bond donors (Lipinski definition) is 3. The van der Waals surface area contributed by atoms with E-state index in [4.69, 9.17) is 15.3 Å². The van der Waals surface area contributed by atoms with Crippen LogP contribution in [0.25, 0.3) is 0 Å². The van der Waals surface area contributed by atoms with Crippen LogP contribution in [0.1, 0.15) is 6.42 Å². The molecule has 1 aliphatic carbocycles. The van der Waals surface area contributed by atoms with Gasteiger partial charge in [-0.15, -0.1) is 6.42 Å². The fourth-order valence-electron chi connectivity index (χ4n) is 0.340. The Kier molecular flexibility index (Phi) is 84.1. The molecule has 0 aliphatic heterocycles. The topological polar surface area (TPSA) is 60.7 Å². The van der Waals surface area contributed by atoms with Crippen LogP contribution in [0.15, 0.2) is 18.2 Å². The molecule has 5 heteroatoms. The molecule has 0 fully saturated rings. The van der Waals surface area contributed by atoms with Gasteiger partial charge >= 0.3 is 31.6 Å². The van der Waals surface area contributed by atoms with Gasteiger partial charge in [0.25, 0.3) is 0 Å². The van der Waals surface area contributed by atoms with Crippen LogP contribution >= 0.6 is 0 Å². The van der Waals surface area contributed by atoms with Gasteiger partial charge in [-0.05, 0) is 0 Å². The molecule has 0 amide bonds. The van der Waals surface area contributed by atoms with Crippen molar-refractivity contribution >= 4 is 14.3 Å². The van der Waals surface area contributed by atoms with Crippen LogP contribution in [-0.2, 0) is 26.2 Å². The molecule has 0 bridgehead atoms. The first kappa shape index (κ1) is 30.1.